The second-order valence-corrected chi connectivity index (χ2v) is 7.11. The molecule has 0 radical (unpaired) electrons. The number of hydrogen-bond acceptors (Lipinski definition) is 5. The third kappa shape index (κ3) is 1.97. The quantitative estimate of drug-likeness (QED) is 0.744. The average Bonchev–Trinajstić information content (AvgIpc) is 2.56. The largest absolute Gasteiger partial charge is 0.381 e. The highest BCUT2D eigenvalue weighted by Gasteiger charge is 2.46. The molecule has 0 unspecified atom stereocenters. The molecule has 1 amide bonds. The molecule has 0 spiro atoms. The number of anilines is 1. The number of hydrogen-bond donors (Lipinski definition) is 2. The van der Waals surface area contributed by atoms with Crippen molar-refractivity contribution in [3.63, 3.8) is 0 Å². The minimum Gasteiger partial charge on any atom is -0.381 e. The Morgan fingerprint density at radius 3 is 2.50 bits per heavy atom. The predicted octanol–water partition coefficient (Wildman–Crippen LogP) is -0.790. The van der Waals surface area contributed by atoms with Gasteiger partial charge in [0.25, 0.3) is 0 Å². The summed E-state index contributed by atoms with van der Waals surface area (Å²) >= 11 is 0. The van der Waals surface area contributed by atoms with E-state index in [0.717, 1.165) is 0 Å². The van der Waals surface area contributed by atoms with Crippen molar-refractivity contribution in [2.45, 2.75) is 31.2 Å². The molecule has 1 aliphatic rings. The Hall–Kier alpha value is -1.61. The zero-order valence-electron chi connectivity index (χ0n) is 12.0. The van der Waals surface area contributed by atoms with Crippen LogP contribution in [-0.4, -0.2) is 47.0 Å². The van der Waals surface area contributed by atoms with Crippen molar-refractivity contribution in [3.05, 3.63) is 5.69 Å². The van der Waals surface area contributed by atoms with E-state index in [1.54, 1.807) is 27.8 Å². The first kappa shape index (κ1) is 14.8. The highest BCUT2D eigenvalue weighted by molar-refractivity contribution is 7.89. The number of amides is 1. The third-order valence-electron chi connectivity index (χ3n) is 3.63. The van der Waals surface area contributed by atoms with Gasteiger partial charge in [-0.1, -0.05) is 0 Å². The van der Waals surface area contributed by atoms with Crippen molar-refractivity contribution in [3.8, 4) is 0 Å². The predicted molar refractivity (Wildman–Crippen MR) is 73.3 cm³/mol. The van der Waals surface area contributed by atoms with E-state index >= 15 is 0 Å². The fraction of sp³-hybridized carbons (Fsp3) is 0.636. The van der Waals surface area contributed by atoms with Crippen LogP contribution in [0.25, 0.3) is 0 Å². The highest BCUT2D eigenvalue weighted by Crippen LogP contribution is 2.31. The molecule has 1 saturated heterocycles. The first-order valence-electron chi connectivity index (χ1n) is 6.20. The molecule has 3 N–H and O–H groups in total. The minimum atomic E-state index is -3.88. The molecule has 0 aliphatic carbocycles. The van der Waals surface area contributed by atoms with Crippen LogP contribution in [0, 0.1) is 6.92 Å². The molecule has 112 valence electrons. The molecule has 1 aromatic rings. The summed E-state index contributed by atoms with van der Waals surface area (Å²) in [5, 5.41) is 6.59. The van der Waals surface area contributed by atoms with Gasteiger partial charge in [-0.25, -0.2) is 8.42 Å². The van der Waals surface area contributed by atoms with Crippen molar-refractivity contribution >= 4 is 21.7 Å². The van der Waals surface area contributed by atoms with Crippen LogP contribution in [0.4, 0.5) is 5.82 Å². The third-order valence-corrected chi connectivity index (χ3v) is 5.87. The van der Waals surface area contributed by atoms with Crippen LogP contribution >= 0.6 is 0 Å². The first-order chi connectivity index (χ1) is 9.10. The number of carbonyl (C=O) groups excluding carboxylic acids is 1. The molecule has 0 saturated carbocycles. The fourth-order valence-corrected chi connectivity index (χ4v) is 4.39. The van der Waals surface area contributed by atoms with Gasteiger partial charge < -0.3 is 11.1 Å². The first-order valence-corrected chi connectivity index (χ1v) is 7.64. The molecule has 0 bridgehead atoms. The molecule has 8 nitrogen and oxygen atoms in total. The van der Waals surface area contributed by atoms with E-state index in [9.17, 15) is 13.2 Å². The van der Waals surface area contributed by atoms with E-state index in [0.29, 0.717) is 5.69 Å². The summed E-state index contributed by atoms with van der Waals surface area (Å²) in [5.74, 6) is -0.376. The summed E-state index contributed by atoms with van der Waals surface area (Å²) in [5.41, 5.74) is 5.01. The van der Waals surface area contributed by atoms with Gasteiger partial charge in [-0.05, 0) is 20.8 Å². The van der Waals surface area contributed by atoms with Gasteiger partial charge in [-0.3, -0.25) is 9.48 Å². The van der Waals surface area contributed by atoms with E-state index in [4.69, 9.17) is 5.73 Å². The van der Waals surface area contributed by atoms with Crippen LogP contribution < -0.4 is 11.1 Å². The Balaban J connectivity index is 2.58. The van der Waals surface area contributed by atoms with Gasteiger partial charge in [0.05, 0.1) is 5.69 Å². The smallest absolute Gasteiger partial charge is 0.249 e. The van der Waals surface area contributed by atoms with Crippen LogP contribution in [0.1, 0.15) is 19.5 Å². The Morgan fingerprint density at radius 2 is 2.00 bits per heavy atom. The number of nitrogens with one attached hydrogen (secondary N) is 1. The lowest BCUT2D eigenvalue weighted by Crippen LogP contribution is -2.63. The molecular formula is C11H19N5O3S. The van der Waals surface area contributed by atoms with Crippen molar-refractivity contribution in [1.29, 1.82) is 0 Å². The number of nitrogens with zero attached hydrogens (tertiary/aromatic N) is 3. The zero-order chi connectivity index (χ0) is 15.3. The molecule has 20 heavy (non-hydrogen) atoms. The zero-order valence-corrected chi connectivity index (χ0v) is 12.8. The van der Waals surface area contributed by atoms with Gasteiger partial charge in [-0.2, -0.15) is 9.40 Å². The van der Waals surface area contributed by atoms with E-state index in [1.165, 1.54) is 8.99 Å². The van der Waals surface area contributed by atoms with Crippen LogP contribution in [0.2, 0.25) is 0 Å². The topological polar surface area (TPSA) is 110 Å². The number of carbonyl (C=O) groups is 1. The number of sulfonamides is 1. The van der Waals surface area contributed by atoms with Crippen molar-refractivity contribution in [2.75, 3.05) is 18.8 Å². The number of aromatic nitrogens is 2. The van der Waals surface area contributed by atoms with Gasteiger partial charge in [0.1, 0.15) is 10.4 Å². The van der Waals surface area contributed by atoms with Crippen molar-refractivity contribution in [1.82, 2.24) is 19.4 Å². The minimum absolute atomic E-state index is 0.0252. The molecule has 2 heterocycles. The molecule has 0 aromatic carbocycles. The fourth-order valence-electron chi connectivity index (χ4n) is 2.34. The Bertz CT molecular complexity index is 662. The summed E-state index contributed by atoms with van der Waals surface area (Å²) < 4.78 is 28.2. The van der Waals surface area contributed by atoms with Crippen LogP contribution in [0.3, 0.4) is 0 Å². The number of piperazine rings is 1. The Morgan fingerprint density at radius 1 is 1.40 bits per heavy atom. The van der Waals surface area contributed by atoms with Crippen molar-refractivity contribution < 1.29 is 13.2 Å². The average molecular weight is 301 g/mol. The molecule has 1 fully saturated rings. The lowest BCUT2D eigenvalue weighted by atomic mass is 10.0. The van der Waals surface area contributed by atoms with E-state index in [-0.39, 0.29) is 29.7 Å². The Labute approximate surface area is 118 Å². The summed E-state index contributed by atoms with van der Waals surface area (Å²) in [6, 6.07) is 0. The van der Waals surface area contributed by atoms with Gasteiger partial charge >= 0.3 is 0 Å². The standard InChI is InChI=1S/C11H19N5O3S/c1-7-8(9(12)14-15(7)4)20(18,19)16-6-5-13-10(17)11(16,2)3/h5-6H2,1-4H3,(H2,12,14)(H,13,17). The summed E-state index contributed by atoms with van der Waals surface area (Å²) in [6.45, 7) is 5.25. The molecular weight excluding hydrogens is 282 g/mol. The molecule has 1 aromatic heterocycles. The van der Waals surface area contributed by atoms with Crippen LogP contribution in [0.15, 0.2) is 4.90 Å². The van der Waals surface area contributed by atoms with E-state index in [1.807, 2.05) is 0 Å². The van der Waals surface area contributed by atoms with Crippen LogP contribution in [0.5, 0.6) is 0 Å². The monoisotopic (exact) mass is 301 g/mol. The lowest BCUT2D eigenvalue weighted by molar-refractivity contribution is -0.131. The van der Waals surface area contributed by atoms with Gasteiger partial charge in [0, 0.05) is 20.1 Å². The lowest BCUT2D eigenvalue weighted by Gasteiger charge is -2.39. The second kappa shape index (κ2) is 4.45. The summed E-state index contributed by atoms with van der Waals surface area (Å²) in [6.07, 6.45) is 0. The SMILES string of the molecule is Cc1c(S(=O)(=O)N2CCNC(=O)C2(C)C)c(N)nn1C. The maximum absolute atomic E-state index is 12.8. The van der Waals surface area contributed by atoms with Gasteiger partial charge in [-0.15, -0.1) is 0 Å². The van der Waals surface area contributed by atoms with E-state index < -0.39 is 15.6 Å². The highest BCUT2D eigenvalue weighted by atomic mass is 32.2. The molecule has 1 aliphatic heterocycles. The number of rotatable bonds is 2. The number of aryl methyl sites for hydroxylation is 1. The molecule has 9 heteroatoms. The van der Waals surface area contributed by atoms with Gasteiger partial charge in [0.2, 0.25) is 15.9 Å². The molecule has 0 atom stereocenters. The summed E-state index contributed by atoms with van der Waals surface area (Å²) in [4.78, 5) is 11.9. The number of nitrogens with two attached hydrogens (primary N) is 1. The maximum Gasteiger partial charge on any atom is 0.249 e. The van der Waals surface area contributed by atoms with Crippen LogP contribution in [-0.2, 0) is 21.9 Å². The summed E-state index contributed by atoms with van der Waals surface area (Å²) in [7, 11) is -2.26. The Kier molecular flexibility index (Phi) is 3.29. The number of nitrogen functional groups attached to an aromatic ring is 1. The van der Waals surface area contributed by atoms with Gasteiger partial charge in [0.15, 0.2) is 5.82 Å². The molecule has 2 rings (SSSR count). The normalized spacial score (nSPS) is 19.9. The van der Waals surface area contributed by atoms with E-state index in [2.05, 4.69) is 10.4 Å². The van der Waals surface area contributed by atoms with Crippen molar-refractivity contribution in [2.24, 2.45) is 7.05 Å². The second-order valence-electron chi connectivity index (χ2n) is 5.32. The maximum atomic E-state index is 12.8.